The minimum absolute atomic E-state index is 0.627. The molecule has 0 aliphatic rings. The van der Waals surface area contributed by atoms with Gasteiger partial charge in [0.1, 0.15) is 0 Å². The predicted molar refractivity (Wildman–Crippen MR) is 77.8 cm³/mol. The lowest BCUT2D eigenvalue weighted by Crippen LogP contribution is -2.28. The van der Waals surface area contributed by atoms with Crippen molar-refractivity contribution in [2.75, 3.05) is 6.54 Å². The summed E-state index contributed by atoms with van der Waals surface area (Å²) in [6.45, 7) is 5.47. The third-order valence-electron chi connectivity index (χ3n) is 3.48. The smallest absolute Gasteiger partial charge is 0.0704 e. The lowest BCUT2D eigenvalue weighted by Gasteiger charge is -2.16. The largest absolute Gasteiger partial charge is 0.314 e. The molecule has 0 bridgehead atoms. The van der Waals surface area contributed by atoms with Crippen LogP contribution in [0.2, 0.25) is 0 Å². The predicted octanol–water partition coefficient (Wildman–Crippen LogP) is 3.56. The fourth-order valence-electron chi connectivity index (χ4n) is 2.45. The van der Waals surface area contributed by atoms with Gasteiger partial charge in [-0.2, -0.15) is 0 Å². The maximum atomic E-state index is 4.41. The van der Waals surface area contributed by atoms with Crippen molar-refractivity contribution >= 4 is 10.9 Å². The van der Waals surface area contributed by atoms with Gasteiger partial charge >= 0.3 is 0 Å². The van der Waals surface area contributed by atoms with Crippen LogP contribution in [0, 0.1) is 0 Å². The van der Waals surface area contributed by atoms with Gasteiger partial charge in [0.15, 0.2) is 0 Å². The second kappa shape index (κ2) is 6.50. The first-order valence-corrected chi connectivity index (χ1v) is 6.91. The van der Waals surface area contributed by atoms with Gasteiger partial charge in [-0.1, -0.05) is 32.0 Å². The second-order valence-corrected chi connectivity index (χ2v) is 4.69. The van der Waals surface area contributed by atoms with E-state index in [0.717, 1.165) is 18.5 Å². The van der Waals surface area contributed by atoms with Gasteiger partial charge < -0.3 is 5.32 Å². The number of aromatic nitrogens is 1. The van der Waals surface area contributed by atoms with E-state index in [1.807, 2.05) is 12.3 Å². The molecule has 1 unspecified atom stereocenters. The topological polar surface area (TPSA) is 24.9 Å². The summed E-state index contributed by atoms with van der Waals surface area (Å²) in [5.74, 6) is 0. The zero-order valence-electron chi connectivity index (χ0n) is 11.3. The van der Waals surface area contributed by atoms with Crippen molar-refractivity contribution in [1.82, 2.24) is 10.3 Å². The van der Waals surface area contributed by atoms with Crippen molar-refractivity contribution < 1.29 is 0 Å². The molecule has 0 saturated carbocycles. The molecule has 2 aromatic rings. The van der Waals surface area contributed by atoms with E-state index in [2.05, 4.69) is 48.4 Å². The Morgan fingerprint density at radius 1 is 1.17 bits per heavy atom. The van der Waals surface area contributed by atoms with Crippen LogP contribution in [-0.2, 0) is 6.42 Å². The van der Waals surface area contributed by atoms with E-state index in [9.17, 15) is 0 Å². The lowest BCUT2D eigenvalue weighted by molar-refractivity contribution is 0.481. The summed E-state index contributed by atoms with van der Waals surface area (Å²) < 4.78 is 0. The number of benzene rings is 1. The normalized spacial score (nSPS) is 12.8. The molecule has 2 heteroatoms. The Morgan fingerprint density at radius 2 is 2.06 bits per heavy atom. The summed E-state index contributed by atoms with van der Waals surface area (Å²) >= 11 is 0. The number of nitrogens with zero attached hydrogens (tertiary/aromatic N) is 1. The van der Waals surface area contributed by atoms with E-state index in [0.29, 0.717) is 6.04 Å². The molecule has 1 aromatic heterocycles. The highest BCUT2D eigenvalue weighted by molar-refractivity contribution is 5.81. The third-order valence-corrected chi connectivity index (χ3v) is 3.48. The van der Waals surface area contributed by atoms with Crippen LogP contribution in [0.1, 0.15) is 32.3 Å². The monoisotopic (exact) mass is 242 g/mol. The molecule has 0 aliphatic carbocycles. The molecule has 0 amide bonds. The van der Waals surface area contributed by atoms with Gasteiger partial charge in [-0.3, -0.25) is 4.98 Å². The molecule has 1 heterocycles. The molecule has 1 aromatic carbocycles. The van der Waals surface area contributed by atoms with Crippen molar-refractivity contribution in [2.45, 2.75) is 39.2 Å². The van der Waals surface area contributed by atoms with Crippen LogP contribution in [0.4, 0.5) is 0 Å². The number of nitrogens with one attached hydrogen (secondary N) is 1. The summed E-state index contributed by atoms with van der Waals surface area (Å²) in [7, 11) is 0. The molecule has 96 valence electrons. The van der Waals surface area contributed by atoms with E-state index in [1.165, 1.54) is 23.8 Å². The summed E-state index contributed by atoms with van der Waals surface area (Å²) in [6.07, 6.45) is 5.36. The molecule has 18 heavy (non-hydrogen) atoms. The average molecular weight is 242 g/mol. The Hall–Kier alpha value is -1.41. The van der Waals surface area contributed by atoms with Crippen LogP contribution in [0.5, 0.6) is 0 Å². The summed E-state index contributed by atoms with van der Waals surface area (Å²) in [4.78, 5) is 4.41. The van der Waals surface area contributed by atoms with Crippen molar-refractivity contribution in [2.24, 2.45) is 0 Å². The Kier molecular flexibility index (Phi) is 4.71. The van der Waals surface area contributed by atoms with Gasteiger partial charge in [-0.15, -0.1) is 0 Å². The Labute approximate surface area is 109 Å². The number of hydrogen-bond acceptors (Lipinski definition) is 2. The Balaban J connectivity index is 2.11. The summed E-state index contributed by atoms with van der Waals surface area (Å²) in [6, 6.07) is 11.2. The maximum Gasteiger partial charge on any atom is 0.0704 e. The molecule has 0 aliphatic heterocycles. The first-order valence-electron chi connectivity index (χ1n) is 6.91. The molecule has 0 radical (unpaired) electrons. The van der Waals surface area contributed by atoms with E-state index >= 15 is 0 Å². The number of aryl methyl sites for hydroxylation is 1. The van der Waals surface area contributed by atoms with Crippen molar-refractivity contribution in [3.63, 3.8) is 0 Å². The fourth-order valence-corrected chi connectivity index (χ4v) is 2.45. The SMILES string of the molecule is CCNC(CC)CCc1cccc2ncccc12. The maximum absolute atomic E-state index is 4.41. The minimum Gasteiger partial charge on any atom is -0.314 e. The average Bonchev–Trinajstić information content (AvgIpc) is 2.43. The molecule has 2 rings (SSSR count). The van der Waals surface area contributed by atoms with E-state index in [4.69, 9.17) is 0 Å². The molecule has 1 atom stereocenters. The number of rotatable bonds is 6. The lowest BCUT2D eigenvalue weighted by atomic mass is 10.00. The highest BCUT2D eigenvalue weighted by Gasteiger charge is 2.06. The minimum atomic E-state index is 0.627. The number of fused-ring (bicyclic) bond motifs is 1. The second-order valence-electron chi connectivity index (χ2n) is 4.69. The molecule has 2 nitrogen and oxygen atoms in total. The van der Waals surface area contributed by atoms with Gasteiger partial charge in [0.2, 0.25) is 0 Å². The van der Waals surface area contributed by atoms with Crippen LogP contribution in [0.25, 0.3) is 10.9 Å². The van der Waals surface area contributed by atoms with E-state index in [-0.39, 0.29) is 0 Å². The summed E-state index contributed by atoms with van der Waals surface area (Å²) in [5, 5.41) is 4.83. The standard InChI is InChI=1S/C16H22N2/c1-3-14(17-4-2)11-10-13-7-5-9-16-15(13)8-6-12-18-16/h5-9,12,14,17H,3-4,10-11H2,1-2H3. The quantitative estimate of drug-likeness (QED) is 0.838. The van der Waals surface area contributed by atoms with Gasteiger partial charge in [-0.25, -0.2) is 0 Å². The fraction of sp³-hybridized carbons (Fsp3) is 0.438. The highest BCUT2D eigenvalue weighted by Crippen LogP contribution is 2.18. The Bertz CT molecular complexity index is 488. The molecule has 0 spiro atoms. The van der Waals surface area contributed by atoms with E-state index < -0.39 is 0 Å². The summed E-state index contributed by atoms with van der Waals surface area (Å²) in [5.41, 5.74) is 2.52. The first-order chi connectivity index (χ1) is 8.85. The molecule has 0 fully saturated rings. The van der Waals surface area contributed by atoms with Gasteiger partial charge in [-0.05, 0) is 43.5 Å². The van der Waals surface area contributed by atoms with Crippen LogP contribution in [0.15, 0.2) is 36.5 Å². The molecule has 1 N–H and O–H groups in total. The molecular weight excluding hydrogens is 220 g/mol. The number of pyridine rings is 1. The van der Waals surface area contributed by atoms with Crippen molar-refractivity contribution in [1.29, 1.82) is 0 Å². The van der Waals surface area contributed by atoms with Crippen molar-refractivity contribution in [3.8, 4) is 0 Å². The first kappa shape index (κ1) is 13.0. The van der Waals surface area contributed by atoms with Crippen LogP contribution in [0.3, 0.4) is 0 Å². The van der Waals surface area contributed by atoms with Gasteiger partial charge in [0.25, 0.3) is 0 Å². The highest BCUT2D eigenvalue weighted by atomic mass is 14.9. The van der Waals surface area contributed by atoms with Crippen LogP contribution in [-0.4, -0.2) is 17.6 Å². The van der Waals surface area contributed by atoms with Crippen molar-refractivity contribution in [3.05, 3.63) is 42.1 Å². The molecular formula is C16H22N2. The van der Waals surface area contributed by atoms with Gasteiger partial charge in [0.05, 0.1) is 5.52 Å². The van der Waals surface area contributed by atoms with Gasteiger partial charge in [0, 0.05) is 17.6 Å². The molecule has 0 saturated heterocycles. The van der Waals surface area contributed by atoms with Crippen LogP contribution < -0.4 is 5.32 Å². The number of hydrogen-bond donors (Lipinski definition) is 1. The Morgan fingerprint density at radius 3 is 2.83 bits per heavy atom. The van der Waals surface area contributed by atoms with E-state index in [1.54, 1.807) is 0 Å². The third kappa shape index (κ3) is 3.08. The van der Waals surface area contributed by atoms with Crippen LogP contribution >= 0.6 is 0 Å². The zero-order valence-corrected chi connectivity index (χ0v) is 11.3. The zero-order chi connectivity index (χ0) is 12.8.